The van der Waals surface area contributed by atoms with Crippen LogP contribution in [0.15, 0.2) is 18.2 Å². The van der Waals surface area contributed by atoms with Crippen LogP contribution in [0.3, 0.4) is 0 Å². The van der Waals surface area contributed by atoms with Crippen LogP contribution in [0.5, 0.6) is 11.5 Å². The minimum Gasteiger partial charge on any atom is -0.493 e. The molecular weight excluding hydrogens is 226 g/mol. The van der Waals surface area contributed by atoms with Crippen molar-refractivity contribution in [2.24, 2.45) is 0 Å². The van der Waals surface area contributed by atoms with Gasteiger partial charge in [-0.05, 0) is 31.2 Å². The Morgan fingerprint density at radius 2 is 1.88 bits per heavy atom. The number of alkyl halides is 1. The largest absolute Gasteiger partial charge is 0.493 e. The van der Waals surface area contributed by atoms with E-state index in [1.165, 1.54) is 5.56 Å². The summed E-state index contributed by atoms with van der Waals surface area (Å²) in [7, 11) is 5.28. The second kappa shape index (κ2) is 6.61. The van der Waals surface area contributed by atoms with E-state index in [9.17, 15) is 0 Å². The summed E-state index contributed by atoms with van der Waals surface area (Å²) in [5, 5.41) is 0. The number of likely N-dealkylation sites (N-methyl/N-ethyl adjacent to an activating group) is 1. The molecule has 0 aliphatic heterocycles. The molecule has 0 aromatic heterocycles. The summed E-state index contributed by atoms with van der Waals surface area (Å²) in [6.45, 7) is 0.930. The summed E-state index contributed by atoms with van der Waals surface area (Å²) in [4.78, 5) is 2.05. The van der Waals surface area contributed by atoms with Gasteiger partial charge >= 0.3 is 0 Å². The van der Waals surface area contributed by atoms with Crippen LogP contribution in [0.2, 0.25) is 0 Å². The van der Waals surface area contributed by atoms with Gasteiger partial charge in [0.25, 0.3) is 0 Å². The predicted molar refractivity (Wildman–Crippen MR) is 66.6 cm³/mol. The Bertz CT molecular complexity index is 331. The topological polar surface area (TPSA) is 21.7 Å². The van der Waals surface area contributed by atoms with Crippen LogP contribution in [-0.2, 0) is 6.42 Å². The average Bonchev–Trinajstić information content (AvgIpc) is 2.35. The second-order valence-electron chi connectivity index (χ2n) is 3.64. The molecule has 0 amide bonds. The van der Waals surface area contributed by atoms with Crippen molar-refractivity contribution < 1.29 is 9.47 Å². The zero-order valence-corrected chi connectivity index (χ0v) is 10.8. The highest BCUT2D eigenvalue weighted by molar-refractivity contribution is 6.17. The minimum atomic E-state index is 0.549. The van der Waals surface area contributed by atoms with Crippen LogP contribution < -0.4 is 9.47 Å². The first-order chi connectivity index (χ1) is 7.71. The van der Waals surface area contributed by atoms with Gasteiger partial charge in [0.2, 0.25) is 0 Å². The summed E-state index contributed by atoms with van der Waals surface area (Å²) < 4.78 is 10.4. The summed E-state index contributed by atoms with van der Waals surface area (Å²) in [6, 6.07) is 6.52. The van der Waals surface area contributed by atoms with E-state index in [0.29, 0.717) is 6.00 Å². The second-order valence-corrected chi connectivity index (χ2v) is 3.88. The lowest BCUT2D eigenvalue weighted by Crippen LogP contribution is -2.19. The molecule has 0 saturated carbocycles. The molecule has 0 radical (unpaired) electrons. The predicted octanol–water partition coefficient (Wildman–Crippen LogP) is 2.37. The molecule has 1 aromatic carbocycles. The molecule has 3 nitrogen and oxygen atoms in total. The Morgan fingerprint density at radius 3 is 2.44 bits per heavy atom. The van der Waals surface area contributed by atoms with Crippen molar-refractivity contribution in [1.82, 2.24) is 4.90 Å². The molecule has 1 aromatic rings. The van der Waals surface area contributed by atoms with Crippen molar-refractivity contribution in [3.05, 3.63) is 23.8 Å². The standard InChI is InChI=1S/C12H18ClNO2/c1-14(9-13)7-6-10-4-5-11(15-2)12(8-10)16-3/h4-5,8H,6-7,9H2,1-3H3. The summed E-state index contributed by atoms with van der Waals surface area (Å²) in [6.07, 6.45) is 0.948. The third kappa shape index (κ3) is 3.58. The van der Waals surface area contributed by atoms with Gasteiger partial charge in [0.15, 0.2) is 11.5 Å². The van der Waals surface area contributed by atoms with Crippen LogP contribution >= 0.6 is 11.6 Å². The van der Waals surface area contributed by atoms with Gasteiger partial charge in [-0.2, -0.15) is 0 Å². The third-order valence-corrected chi connectivity index (χ3v) is 2.84. The number of rotatable bonds is 6. The van der Waals surface area contributed by atoms with E-state index < -0.39 is 0 Å². The molecule has 90 valence electrons. The molecule has 0 aliphatic carbocycles. The molecule has 0 fully saturated rings. The Morgan fingerprint density at radius 1 is 1.19 bits per heavy atom. The van der Waals surface area contributed by atoms with Crippen LogP contribution in [0.1, 0.15) is 5.56 Å². The highest BCUT2D eigenvalue weighted by Gasteiger charge is 2.05. The van der Waals surface area contributed by atoms with Crippen molar-refractivity contribution in [3.63, 3.8) is 0 Å². The molecular formula is C12H18ClNO2. The van der Waals surface area contributed by atoms with E-state index in [4.69, 9.17) is 21.1 Å². The molecule has 0 heterocycles. The quantitative estimate of drug-likeness (QED) is 0.566. The molecule has 16 heavy (non-hydrogen) atoms. The van der Waals surface area contributed by atoms with Gasteiger partial charge < -0.3 is 9.47 Å². The normalized spacial score (nSPS) is 10.6. The number of methoxy groups -OCH3 is 2. The minimum absolute atomic E-state index is 0.549. The first-order valence-corrected chi connectivity index (χ1v) is 5.70. The van der Waals surface area contributed by atoms with Crippen molar-refractivity contribution in [2.45, 2.75) is 6.42 Å². The number of halogens is 1. The fourth-order valence-corrected chi connectivity index (χ4v) is 1.54. The Kier molecular flexibility index (Phi) is 5.43. The van der Waals surface area contributed by atoms with Gasteiger partial charge in [-0.1, -0.05) is 6.07 Å². The Balaban J connectivity index is 2.67. The Labute approximate surface area is 102 Å². The van der Waals surface area contributed by atoms with Gasteiger partial charge in [-0.3, -0.25) is 4.90 Å². The van der Waals surface area contributed by atoms with Gasteiger partial charge in [-0.15, -0.1) is 11.6 Å². The van der Waals surface area contributed by atoms with Gasteiger partial charge in [-0.25, -0.2) is 0 Å². The van der Waals surface area contributed by atoms with E-state index in [2.05, 4.69) is 4.90 Å². The first kappa shape index (κ1) is 13.1. The van der Waals surface area contributed by atoms with Gasteiger partial charge in [0.1, 0.15) is 0 Å². The van der Waals surface area contributed by atoms with Crippen LogP contribution in [0, 0.1) is 0 Å². The lowest BCUT2D eigenvalue weighted by molar-refractivity contribution is 0.353. The molecule has 4 heteroatoms. The van der Waals surface area contributed by atoms with Crippen LogP contribution in [0.25, 0.3) is 0 Å². The monoisotopic (exact) mass is 243 g/mol. The fourth-order valence-electron chi connectivity index (χ4n) is 1.42. The van der Waals surface area contributed by atoms with E-state index in [-0.39, 0.29) is 0 Å². The summed E-state index contributed by atoms with van der Waals surface area (Å²) in [5.41, 5.74) is 1.22. The summed E-state index contributed by atoms with van der Waals surface area (Å²) >= 11 is 5.71. The van der Waals surface area contributed by atoms with Crippen LogP contribution in [0.4, 0.5) is 0 Å². The molecule has 0 unspecified atom stereocenters. The van der Waals surface area contributed by atoms with Gasteiger partial charge in [0.05, 0.1) is 20.2 Å². The summed E-state index contributed by atoms with van der Waals surface area (Å²) in [5.74, 6) is 1.53. The molecule has 0 N–H and O–H groups in total. The fraction of sp³-hybridized carbons (Fsp3) is 0.500. The number of hydrogen-bond donors (Lipinski definition) is 0. The maximum atomic E-state index is 5.71. The Hall–Kier alpha value is -0.930. The van der Waals surface area contributed by atoms with E-state index >= 15 is 0 Å². The molecule has 0 aliphatic rings. The number of benzene rings is 1. The van der Waals surface area contributed by atoms with Crippen molar-refractivity contribution >= 4 is 11.6 Å². The lowest BCUT2D eigenvalue weighted by atomic mass is 10.1. The maximum Gasteiger partial charge on any atom is 0.160 e. The highest BCUT2D eigenvalue weighted by atomic mass is 35.5. The molecule has 0 atom stereocenters. The maximum absolute atomic E-state index is 5.71. The van der Waals surface area contributed by atoms with Crippen molar-refractivity contribution in [1.29, 1.82) is 0 Å². The van der Waals surface area contributed by atoms with Crippen molar-refractivity contribution in [3.8, 4) is 11.5 Å². The average molecular weight is 244 g/mol. The third-order valence-electron chi connectivity index (χ3n) is 2.43. The van der Waals surface area contributed by atoms with E-state index in [0.717, 1.165) is 24.5 Å². The molecule has 0 saturated heterocycles. The lowest BCUT2D eigenvalue weighted by Gasteiger charge is -2.13. The van der Waals surface area contributed by atoms with E-state index in [1.807, 2.05) is 25.2 Å². The SMILES string of the molecule is COc1ccc(CCN(C)CCl)cc1OC. The number of nitrogens with zero attached hydrogens (tertiary/aromatic N) is 1. The molecule has 0 spiro atoms. The number of ether oxygens (including phenoxy) is 2. The highest BCUT2D eigenvalue weighted by Crippen LogP contribution is 2.27. The van der Waals surface area contributed by atoms with Gasteiger partial charge in [0, 0.05) is 6.54 Å². The smallest absolute Gasteiger partial charge is 0.160 e. The first-order valence-electron chi connectivity index (χ1n) is 5.16. The zero-order chi connectivity index (χ0) is 12.0. The number of hydrogen-bond acceptors (Lipinski definition) is 3. The zero-order valence-electron chi connectivity index (χ0n) is 10.00. The van der Waals surface area contributed by atoms with Crippen molar-refractivity contribution in [2.75, 3.05) is 33.8 Å². The molecule has 0 bridgehead atoms. The molecule has 1 rings (SSSR count). The van der Waals surface area contributed by atoms with Crippen LogP contribution in [-0.4, -0.2) is 38.7 Å². The van der Waals surface area contributed by atoms with E-state index in [1.54, 1.807) is 14.2 Å².